The summed E-state index contributed by atoms with van der Waals surface area (Å²) in [6.45, 7) is 8.52. The molecule has 1 aromatic rings. The van der Waals surface area contributed by atoms with Gasteiger partial charge in [-0.05, 0) is 26.5 Å². The van der Waals surface area contributed by atoms with Crippen molar-refractivity contribution in [3.63, 3.8) is 0 Å². The summed E-state index contributed by atoms with van der Waals surface area (Å²) in [4.78, 5) is 3.33. The van der Waals surface area contributed by atoms with Crippen molar-refractivity contribution in [3.8, 4) is 0 Å². The zero-order valence-electron chi connectivity index (χ0n) is 12.3. The number of ether oxygens (including phenoxy) is 1. The molecule has 2 heterocycles. The quantitative estimate of drug-likeness (QED) is 0.848. The Balaban J connectivity index is 2.15. The number of H-pyrrole nitrogens is 1. The molecule has 0 amide bonds. The van der Waals surface area contributed by atoms with Gasteiger partial charge in [0.15, 0.2) is 0 Å². The molecule has 0 unspecified atom stereocenters. The average Bonchev–Trinajstić information content (AvgIpc) is 2.84. The highest BCUT2D eigenvalue weighted by Gasteiger charge is 2.35. The molecular formula is C13H23N3O3S. The molecule has 1 fully saturated rings. The van der Waals surface area contributed by atoms with Crippen molar-refractivity contribution in [1.82, 2.24) is 14.6 Å². The van der Waals surface area contributed by atoms with Gasteiger partial charge in [0.25, 0.3) is 0 Å². The van der Waals surface area contributed by atoms with Gasteiger partial charge in [-0.1, -0.05) is 6.92 Å². The molecule has 0 saturated carbocycles. The molecular weight excluding hydrogens is 278 g/mol. The molecule has 0 bridgehead atoms. The number of sulfonamides is 1. The van der Waals surface area contributed by atoms with E-state index in [4.69, 9.17) is 4.74 Å². The first-order chi connectivity index (χ1) is 9.35. The maximum Gasteiger partial charge on any atom is 0.244 e. The summed E-state index contributed by atoms with van der Waals surface area (Å²) in [6.07, 6.45) is 1.56. The van der Waals surface area contributed by atoms with E-state index in [0.29, 0.717) is 31.1 Å². The zero-order chi connectivity index (χ0) is 14.8. The van der Waals surface area contributed by atoms with Gasteiger partial charge in [-0.25, -0.2) is 8.42 Å². The maximum absolute atomic E-state index is 12.6. The second-order valence-electron chi connectivity index (χ2n) is 5.59. The van der Waals surface area contributed by atoms with Gasteiger partial charge in [-0.15, -0.1) is 0 Å². The molecule has 0 spiro atoms. The minimum absolute atomic E-state index is 0.322. The Morgan fingerprint density at radius 2 is 2.25 bits per heavy atom. The van der Waals surface area contributed by atoms with Crippen LogP contribution in [0.4, 0.5) is 0 Å². The largest absolute Gasteiger partial charge is 0.373 e. The Hall–Kier alpha value is -0.890. The molecule has 1 saturated heterocycles. The number of nitrogens with one attached hydrogen (secondary N) is 2. The number of rotatable bonds is 5. The van der Waals surface area contributed by atoms with E-state index in [-0.39, 0.29) is 0 Å². The van der Waals surface area contributed by atoms with Gasteiger partial charge in [0.1, 0.15) is 0 Å². The molecule has 1 aliphatic rings. The van der Waals surface area contributed by atoms with E-state index in [1.807, 2.05) is 20.8 Å². The predicted octanol–water partition coefficient (Wildman–Crippen LogP) is 0.924. The highest BCUT2D eigenvalue weighted by molar-refractivity contribution is 7.89. The Bertz CT molecular complexity index is 551. The summed E-state index contributed by atoms with van der Waals surface area (Å²) in [6, 6.07) is 1.69. The summed E-state index contributed by atoms with van der Waals surface area (Å²) in [5.74, 6) is 0. The third-order valence-electron chi connectivity index (χ3n) is 3.31. The molecule has 2 rings (SSSR count). The molecule has 0 atom stereocenters. The van der Waals surface area contributed by atoms with Crippen molar-refractivity contribution in [2.45, 2.75) is 37.8 Å². The van der Waals surface area contributed by atoms with Crippen LogP contribution in [0, 0.1) is 0 Å². The van der Waals surface area contributed by atoms with Gasteiger partial charge in [-0.2, -0.15) is 4.31 Å². The third kappa shape index (κ3) is 3.41. The van der Waals surface area contributed by atoms with Crippen LogP contribution in [0.3, 0.4) is 0 Å². The minimum Gasteiger partial charge on any atom is -0.373 e. The summed E-state index contributed by atoms with van der Waals surface area (Å²) in [5, 5.41) is 3.16. The van der Waals surface area contributed by atoms with Crippen molar-refractivity contribution in [2.75, 3.05) is 26.2 Å². The van der Waals surface area contributed by atoms with E-state index in [1.54, 1.807) is 12.3 Å². The molecule has 1 aromatic heterocycles. The number of aromatic amines is 1. The number of aromatic nitrogens is 1. The van der Waals surface area contributed by atoms with Gasteiger partial charge in [0, 0.05) is 31.5 Å². The topological polar surface area (TPSA) is 74.4 Å². The lowest BCUT2D eigenvalue weighted by Crippen LogP contribution is -2.50. The Labute approximate surface area is 120 Å². The van der Waals surface area contributed by atoms with Crippen LogP contribution in [0.15, 0.2) is 17.2 Å². The van der Waals surface area contributed by atoms with Crippen LogP contribution in [0.1, 0.15) is 26.5 Å². The summed E-state index contributed by atoms with van der Waals surface area (Å²) in [7, 11) is -3.44. The maximum atomic E-state index is 12.6. The lowest BCUT2D eigenvalue weighted by atomic mass is 10.1. The number of nitrogens with zero attached hydrogens (tertiary/aromatic N) is 1. The fraction of sp³-hybridized carbons (Fsp3) is 0.692. The number of hydrogen-bond acceptors (Lipinski definition) is 4. The van der Waals surface area contributed by atoms with Crippen LogP contribution in [-0.4, -0.2) is 49.5 Å². The van der Waals surface area contributed by atoms with Crippen molar-refractivity contribution in [3.05, 3.63) is 18.0 Å². The molecule has 2 N–H and O–H groups in total. The van der Waals surface area contributed by atoms with Crippen molar-refractivity contribution < 1.29 is 13.2 Å². The van der Waals surface area contributed by atoms with Crippen LogP contribution in [-0.2, 0) is 21.3 Å². The first-order valence-electron chi connectivity index (χ1n) is 6.87. The van der Waals surface area contributed by atoms with E-state index in [2.05, 4.69) is 10.3 Å². The van der Waals surface area contributed by atoms with Crippen LogP contribution in [0.25, 0.3) is 0 Å². The fourth-order valence-electron chi connectivity index (χ4n) is 2.26. The summed E-state index contributed by atoms with van der Waals surface area (Å²) in [5.41, 5.74) is 0.437. The molecule has 6 nitrogen and oxygen atoms in total. The van der Waals surface area contributed by atoms with Crippen LogP contribution < -0.4 is 5.32 Å². The SMILES string of the molecule is CCNCc1cc(S(=O)(=O)N2CCOC(C)(C)C2)c[nH]1. The Kier molecular flexibility index (Phi) is 4.53. The van der Waals surface area contributed by atoms with E-state index >= 15 is 0 Å². The molecule has 0 aliphatic carbocycles. The second-order valence-corrected chi connectivity index (χ2v) is 7.53. The first kappa shape index (κ1) is 15.5. The third-order valence-corrected chi connectivity index (χ3v) is 5.13. The molecule has 7 heteroatoms. The fourth-order valence-corrected chi connectivity index (χ4v) is 3.85. The predicted molar refractivity (Wildman–Crippen MR) is 77.0 cm³/mol. The van der Waals surface area contributed by atoms with Crippen LogP contribution in [0.5, 0.6) is 0 Å². The summed E-state index contributed by atoms with van der Waals surface area (Å²) >= 11 is 0. The molecule has 114 valence electrons. The molecule has 20 heavy (non-hydrogen) atoms. The normalized spacial score (nSPS) is 20.1. The van der Waals surface area contributed by atoms with Gasteiger partial charge in [0.05, 0.1) is 17.1 Å². The molecule has 1 aliphatic heterocycles. The first-order valence-corrected chi connectivity index (χ1v) is 8.31. The highest BCUT2D eigenvalue weighted by atomic mass is 32.2. The smallest absolute Gasteiger partial charge is 0.244 e. The zero-order valence-corrected chi connectivity index (χ0v) is 13.1. The van der Waals surface area contributed by atoms with E-state index in [0.717, 1.165) is 12.2 Å². The standard InChI is InChI=1S/C13H23N3O3S/c1-4-14-8-11-7-12(9-15-11)20(17,18)16-5-6-19-13(2,3)10-16/h7,9,14-15H,4-6,8,10H2,1-3H3. The number of hydrogen-bond donors (Lipinski definition) is 2. The lowest BCUT2D eigenvalue weighted by molar-refractivity contribution is -0.0640. The molecule has 0 radical (unpaired) electrons. The van der Waals surface area contributed by atoms with E-state index < -0.39 is 15.6 Å². The van der Waals surface area contributed by atoms with E-state index in [9.17, 15) is 8.42 Å². The van der Waals surface area contributed by atoms with Crippen molar-refractivity contribution in [1.29, 1.82) is 0 Å². The highest BCUT2D eigenvalue weighted by Crippen LogP contribution is 2.23. The second kappa shape index (κ2) is 5.85. The van der Waals surface area contributed by atoms with Gasteiger partial charge >= 0.3 is 0 Å². The van der Waals surface area contributed by atoms with Gasteiger partial charge in [0.2, 0.25) is 10.0 Å². The summed E-state index contributed by atoms with van der Waals surface area (Å²) < 4.78 is 32.2. The Morgan fingerprint density at radius 3 is 2.90 bits per heavy atom. The van der Waals surface area contributed by atoms with Crippen LogP contribution in [0.2, 0.25) is 0 Å². The minimum atomic E-state index is -3.44. The van der Waals surface area contributed by atoms with Crippen LogP contribution >= 0.6 is 0 Å². The Morgan fingerprint density at radius 1 is 1.50 bits per heavy atom. The van der Waals surface area contributed by atoms with E-state index in [1.165, 1.54) is 4.31 Å². The average molecular weight is 301 g/mol. The number of morpholine rings is 1. The van der Waals surface area contributed by atoms with Gasteiger partial charge < -0.3 is 15.0 Å². The molecule has 0 aromatic carbocycles. The lowest BCUT2D eigenvalue weighted by Gasteiger charge is -2.37. The van der Waals surface area contributed by atoms with Crippen molar-refractivity contribution >= 4 is 10.0 Å². The van der Waals surface area contributed by atoms with Gasteiger partial charge in [-0.3, -0.25) is 0 Å². The monoisotopic (exact) mass is 301 g/mol. The van der Waals surface area contributed by atoms with Crippen molar-refractivity contribution in [2.24, 2.45) is 0 Å².